The zero-order valence-electron chi connectivity index (χ0n) is 10.3. The van der Waals surface area contributed by atoms with Gasteiger partial charge in [0.15, 0.2) is 0 Å². The molecule has 3 heteroatoms. The van der Waals surface area contributed by atoms with E-state index in [1.807, 2.05) is 19.1 Å². The van der Waals surface area contributed by atoms with Crippen molar-refractivity contribution in [3.05, 3.63) is 27.7 Å². The van der Waals surface area contributed by atoms with Crippen molar-refractivity contribution in [2.24, 2.45) is 5.73 Å². The lowest BCUT2D eigenvalue weighted by Crippen LogP contribution is -2.37. The van der Waals surface area contributed by atoms with Gasteiger partial charge in [-0.2, -0.15) is 0 Å². The first-order valence-electron chi connectivity index (χ1n) is 6.29. The molecule has 1 aromatic carbocycles. The fourth-order valence-corrected chi connectivity index (χ4v) is 3.70. The lowest BCUT2D eigenvalue weighted by atomic mass is 9.69. The molecule has 1 saturated carbocycles. The van der Waals surface area contributed by atoms with Crippen LogP contribution in [0.15, 0.2) is 16.6 Å². The van der Waals surface area contributed by atoms with Crippen LogP contribution in [0.3, 0.4) is 0 Å². The first-order chi connectivity index (χ1) is 8.10. The first-order valence-corrected chi connectivity index (χ1v) is 7.09. The quantitative estimate of drug-likeness (QED) is 0.876. The van der Waals surface area contributed by atoms with Crippen LogP contribution in [0.4, 0.5) is 0 Å². The molecule has 0 saturated heterocycles. The average Bonchev–Trinajstić information content (AvgIpc) is 2.35. The van der Waals surface area contributed by atoms with Gasteiger partial charge < -0.3 is 10.8 Å². The third-order valence-corrected chi connectivity index (χ3v) is 4.72. The Morgan fingerprint density at radius 2 is 1.94 bits per heavy atom. The highest BCUT2D eigenvalue weighted by molar-refractivity contribution is 9.10. The summed E-state index contributed by atoms with van der Waals surface area (Å²) in [6, 6.07) is 3.96. The Morgan fingerprint density at radius 3 is 2.53 bits per heavy atom. The van der Waals surface area contributed by atoms with Crippen LogP contribution in [0.25, 0.3) is 0 Å². The van der Waals surface area contributed by atoms with Crippen LogP contribution in [0, 0.1) is 6.92 Å². The summed E-state index contributed by atoms with van der Waals surface area (Å²) in [6.07, 6.45) is 5.86. The van der Waals surface area contributed by atoms with Gasteiger partial charge in [0.1, 0.15) is 5.75 Å². The molecule has 94 valence electrons. The van der Waals surface area contributed by atoms with Gasteiger partial charge in [-0.3, -0.25) is 0 Å². The van der Waals surface area contributed by atoms with E-state index in [0.717, 1.165) is 28.4 Å². The molecule has 0 amide bonds. The molecule has 0 radical (unpaired) electrons. The van der Waals surface area contributed by atoms with E-state index >= 15 is 0 Å². The Labute approximate surface area is 111 Å². The van der Waals surface area contributed by atoms with Gasteiger partial charge in [0, 0.05) is 22.0 Å². The van der Waals surface area contributed by atoms with Crippen LogP contribution in [0.2, 0.25) is 0 Å². The Hall–Kier alpha value is -0.540. The lowest BCUT2D eigenvalue weighted by molar-refractivity contribution is 0.289. The SMILES string of the molecule is Cc1ccc(Br)c(C2(CN)CCCCC2)c1O. The van der Waals surface area contributed by atoms with Crippen molar-refractivity contribution in [2.45, 2.75) is 44.4 Å². The number of nitrogens with two attached hydrogens (primary N) is 1. The summed E-state index contributed by atoms with van der Waals surface area (Å²) in [6.45, 7) is 2.56. The summed E-state index contributed by atoms with van der Waals surface area (Å²) >= 11 is 3.58. The number of hydrogen-bond donors (Lipinski definition) is 2. The van der Waals surface area contributed by atoms with Crippen LogP contribution in [-0.4, -0.2) is 11.7 Å². The topological polar surface area (TPSA) is 46.2 Å². The normalized spacial score (nSPS) is 19.2. The summed E-state index contributed by atoms with van der Waals surface area (Å²) < 4.78 is 0.993. The second-order valence-electron chi connectivity index (χ2n) is 5.13. The Balaban J connectivity index is 2.53. The van der Waals surface area contributed by atoms with E-state index in [0.29, 0.717) is 12.3 Å². The van der Waals surface area contributed by atoms with Gasteiger partial charge in [0.05, 0.1) is 0 Å². The van der Waals surface area contributed by atoms with Crippen molar-refractivity contribution < 1.29 is 5.11 Å². The highest BCUT2D eigenvalue weighted by atomic mass is 79.9. The minimum atomic E-state index is -0.0345. The molecule has 3 N–H and O–H groups in total. The van der Waals surface area contributed by atoms with Gasteiger partial charge in [0.25, 0.3) is 0 Å². The number of phenolic OH excluding ortho intramolecular Hbond substituents is 1. The lowest BCUT2D eigenvalue weighted by Gasteiger charge is -2.38. The minimum Gasteiger partial charge on any atom is -0.507 e. The van der Waals surface area contributed by atoms with E-state index < -0.39 is 0 Å². The predicted molar refractivity (Wildman–Crippen MR) is 74.4 cm³/mol. The van der Waals surface area contributed by atoms with E-state index in [4.69, 9.17) is 5.73 Å². The van der Waals surface area contributed by atoms with Gasteiger partial charge >= 0.3 is 0 Å². The molecule has 1 fully saturated rings. The number of phenols is 1. The number of aromatic hydroxyl groups is 1. The Morgan fingerprint density at radius 1 is 1.29 bits per heavy atom. The fourth-order valence-electron chi connectivity index (χ4n) is 2.96. The van der Waals surface area contributed by atoms with Crippen LogP contribution in [0.1, 0.15) is 43.2 Å². The number of hydrogen-bond acceptors (Lipinski definition) is 2. The van der Waals surface area contributed by atoms with Crippen molar-refractivity contribution in [3.8, 4) is 5.75 Å². The molecule has 2 nitrogen and oxygen atoms in total. The molecule has 0 aromatic heterocycles. The standard InChI is InChI=1S/C14H20BrNO/c1-10-5-6-11(15)12(13(10)17)14(9-16)7-3-2-4-8-14/h5-6,17H,2-4,7-9,16H2,1H3. The molecule has 17 heavy (non-hydrogen) atoms. The van der Waals surface area contributed by atoms with E-state index in [2.05, 4.69) is 15.9 Å². The van der Waals surface area contributed by atoms with E-state index in [9.17, 15) is 5.11 Å². The number of halogens is 1. The largest absolute Gasteiger partial charge is 0.507 e. The highest BCUT2D eigenvalue weighted by Gasteiger charge is 2.36. The van der Waals surface area contributed by atoms with Crippen molar-refractivity contribution in [3.63, 3.8) is 0 Å². The fraction of sp³-hybridized carbons (Fsp3) is 0.571. The number of benzene rings is 1. The van der Waals surface area contributed by atoms with Crippen molar-refractivity contribution in [1.82, 2.24) is 0 Å². The third-order valence-electron chi connectivity index (χ3n) is 4.06. The van der Waals surface area contributed by atoms with Gasteiger partial charge in [0.2, 0.25) is 0 Å². The molecular weight excluding hydrogens is 278 g/mol. The second-order valence-corrected chi connectivity index (χ2v) is 5.99. The van der Waals surface area contributed by atoms with Gasteiger partial charge in [-0.15, -0.1) is 0 Å². The predicted octanol–water partition coefficient (Wildman–Crippen LogP) is 3.62. The van der Waals surface area contributed by atoms with Gasteiger partial charge in [-0.1, -0.05) is 41.3 Å². The number of aryl methyl sites for hydroxylation is 1. The molecule has 0 bridgehead atoms. The summed E-state index contributed by atoms with van der Waals surface area (Å²) in [4.78, 5) is 0. The molecule has 1 aliphatic rings. The van der Waals surface area contributed by atoms with Gasteiger partial charge in [-0.05, 0) is 31.4 Å². The second kappa shape index (κ2) is 4.99. The molecule has 1 aromatic rings. The summed E-state index contributed by atoms with van der Waals surface area (Å²) in [5.41, 5.74) is 7.95. The monoisotopic (exact) mass is 297 g/mol. The molecule has 1 aliphatic carbocycles. The zero-order chi connectivity index (χ0) is 12.5. The van der Waals surface area contributed by atoms with E-state index in [1.54, 1.807) is 0 Å². The van der Waals surface area contributed by atoms with Crippen molar-refractivity contribution >= 4 is 15.9 Å². The molecular formula is C14H20BrNO. The van der Waals surface area contributed by atoms with Gasteiger partial charge in [-0.25, -0.2) is 0 Å². The van der Waals surface area contributed by atoms with Crippen molar-refractivity contribution in [1.29, 1.82) is 0 Å². The molecule has 0 aliphatic heterocycles. The van der Waals surface area contributed by atoms with E-state index in [-0.39, 0.29) is 5.41 Å². The summed E-state index contributed by atoms with van der Waals surface area (Å²) in [5.74, 6) is 0.423. The smallest absolute Gasteiger partial charge is 0.123 e. The van der Waals surface area contributed by atoms with Crippen molar-refractivity contribution in [2.75, 3.05) is 6.54 Å². The zero-order valence-corrected chi connectivity index (χ0v) is 11.9. The van der Waals surface area contributed by atoms with Crippen LogP contribution >= 0.6 is 15.9 Å². The minimum absolute atomic E-state index is 0.0345. The highest BCUT2D eigenvalue weighted by Crippen LogP contribution is 2.46. The molecule has 0 spiro atoms. The molecule has 2 rings (SSSR count). The maximum absolute atomic E-state index is 10.3. The molecule has 0 heterocycles. The summed E-state index contributed by atoms with van der Waals surface area (Å²) in [5, 5.41) is 10.3. The number of rotatable bonds is 2. The van der Waals surface area contributed by atoms with Crippen LogP contribution < -0.4 is 5.73 Å². The van der Waals surface area contributed by atoms with Crippen LogP contribution in [0.5, 0.6) is 5.75 Å². The third kappa shape index (κ3) is 2.23. The Kier molecular flexibility index (Phi) is 3.79. The molecule has 0 unspecified atom stereocenters. The first kappa shape index (κ1) is 12.9. The maximum atomic E-state index is 10.3. The van der Waals surface area contributed by atoms with Crippen LogP contribution in [-0.2, 0) is 5.41 Å². The average molecular weight is 298 g/mol. The van der Waals surface area contributed by atoms with E-state index in [1.165, 1.54) is 19.3 Å². The summed E-state index contributed by atoms with van der Waals surface area (Å²) in [7, 11) is 0. The Bertz CT molecular complexity index is 411. The maximum Gasteiger partial charge on any atom is 0.123 e. The molecule has 0 atom stereocenters.